The summed E-state index contributed by atoms with van der Waals surface area (Å²) in [5.41, 5.74) is 1.29. The Morgan fingerprint density at radius 3 is 2.32 bits per heavy atom. The van der Waals surface area contributed by atoms with E-state index in [9.17, 15) is 14.0 Å². The molecule has 132 valence electrons. The zero-order valence-electron chi connectivity index (χ0n) is 13.9. The number of benzene rings is 2. The van der Waals surface area contributed by atoms with Crippen molar-refractivity contribution in [3.63, 3.8) is 0 Å². The predicted octanol–water partition coefficient (Wildman–Crippen LogP) is 3.02. The van der Waals surface area contributed by atoms with Gasteiger partial charge in [0.2, 0.25) is 0 Å². The molecule has 0 bridgehead atoms. The average Bonchev–Trinajstić information content (AvgIpc) is 2.61. The highest BCUT2D eigenvalue weighted by Crippen LogP contribution is 2.21. The SMILES string of the molecule is CCOC(C(=O)N(CC(=O)O)Cc1ccc(F)cc1)c1ccccc1. The standard InChI is InChI=1S/C19H20FNO4/c1-2-25-18(15-6-4-3-5-7-15)19(24)21(13-17(22)23)12-14-8-10-16(20)11-9-14/h3-11,18H,2,12-13H2,1H3,(H,22,23). The summed E-state index contributed by atoms with van der Waals surface area (Å²) in [5.74, 6) is -1.96. The fraction of sp³-hybridized carbons (Fsp3) is 0.263. The van der Waals surface area contributed by atoms with Crippen LogP contribution in [0.4, 0.5) is 4.39 Å². The Bertz CT molecular complexity index is 703. The van der Waals surface area contributed by atoms with Crippen LogP contribution in [0.2, 0.25) is 0 Å². The van der Waals surface area contributed by atoms with E-state index in [1.165, 1.54) is 29.2 Å². The first kappa shape index (κ1) is 18.6. The fourth-order valence-electron chi connectivity index (χ4n) is 2.46. The summed E-state index contributed by atoms with van der Waals surface area (Å²) in [7, 11) is 0. The Balaban J connectivity index is 2.25. The molecular weight excluding hydrogens is 325 g/mol. The summed E-state index contributed by atoms with van der Waals surface area (Å²) in [6.07, 6.45) is -0.883. The highest BCUT2D eigenvalue weighted by molar-refractivity contribution is 5.85. The van der Waals surface area contributed by atoms with Crippen molar-refractivity contribution < 1.29 is 23.8 Å². The van der Waals surface area contributed by atoms with E-state index in [0.29, 0.717) is 17.7 Å². The first-order valence-electron chi connectivity index (χ1n) is 7.92. The third-order valence-corrected chi connectivity index (χ3v) is 3.58. The summed E-state index contributed by atoms with van der Waals surface area (Å²) >= 11 is 0. The Labute approximate surface area is 145 Å². The minimum absolute atomic E-state index is 0.0574. The van der Waals surface area contributed by atoms with Gasteiger partial charge in [-0.2, -0.15) is 0 Å². The molecule has 0 saturated carbocycles. The van der Waals surface area contributed by atoms with Crippen molar-refractivity contribution in [1.82, 2.24) is 4.90 Å². The van der Waals surface area contributed by atoms with Gasteiger partial charge in [-0.25, -0.2) is 4.39 Å². The third kappa shape index (κ3) is 5.39. The number of carboxylic acid groups (broad SMARTS) is 1. The van der Waals surface area contributed by atoms with E-state index in [0.717, 1.165) is 0 Å². The molecule has 2 rings (SSSR count). The number of ether oxygens (including phenoxy) is 1. The number of halogens is 1. The van der Waals surface area contributed by atoms with Crippen molar-refractivity contribution in [2.75, 3.05) is 13.2 Å². The van der Waals surface area contributed by atoms with E-state index in [1.807, 2.05) is 6.07 Å². The number of carboxylic acids is 1. The van der Waals surface area contributed by atoms with E-state index < -0.39 is 30.3 Å². The van der Waals surface area contributed by atoms with Crippen LogP contribution in [0.25, 0.3) is 0 Å². The summed E-state index contributed by atoms with van der Waals surface area (Å²) in [6.45, 7) is 1.67. The first-order chi connectivity index (χ1) is 12.0. The van der Waals surface area contributed by atoms with Gasteiger partial charge in [-0.3, -0.25) is 9.59 Å². The second kappa shape index (κ2) is 8.94. The fourth-order valence-corrected chi connectivity index (χ4v) is 2.46. The Morgan fingerprint density at radius 1 is 1.12 bits per heavy atom. The van der Waals surface area contributed by atoms with Crippen molar-refractivity contribution in [1.29, 1.82) is 0 Å². The molecule has 0 aromatic heterocycles. The van der Waals surface area contributed by atoms with Gasteiger partial charge in [0.15, 0.2) is 6.10 Å². The van der Waals surface area contributed by atoms with E-state index >= 15 is 0 Å². The lowest BCUT2D eigenvalue weighted by atomic mass is 10.1. The number of hydrogen-bond donors (Lipinski definition) is 1. The molecule has 5 nitrogen and oxygen atoms in total. The molecule has 0 aliphatic carbocycles. The van der Waals surface area contributed by atoms with E-state index in [4.69, 9.17) is 9.84 Å². The van der Waals surface area contributed by atoms with Crippen LogP contribution in [-0.2, 0) is 20.9 Å². The lowest BCUT2D eigenvalue weighted by molar-refractivity contribution is -0.151. The topological polar surface area (TPSA) is 66.8 Å². The van der Waals surface area contributed by atoms with Gasteiger partial charge in [0.05, 0.1) is 0 Å². The monoisotopic (exact) mass is 345 g/mol. The number of aliphatic carboxylic acids is 1. The molecule has 0 aliphatic rings. The lowest BCUT2D eigenvalue weighted by Gasteiger charge is -2.26. The Hall–Kier alpha value is -2.73. The maximum absolute atomic E-state index is 13.0. The predicted molar refractivity (Wildman–Crippen MR) is 90.3 cm³/mol. The molecule has 1 atom stereocenters. The maximum atomic E-state index is 13.0. The number of rotatable bonds is 8. The van der Waals surface area contributed by atoms with Gasteiger partial charge in [-0.1, -0.05) is 42.5 Å². The van der Waals surface area contributed by atoms with Gasteiger partial charge in [-0.05, 0) is 30.2 Å². The van der Waals surface area contributed by atoms with Gasteiger partial charge >= 0.3 is 5.97 Å². The number of carbonyl (C=O) groups is 2. The molecule has 25 heavy (non-hydrogen) atoms. The summed E-state index contributed by atoms with van der Waals surface area (Å²) in [4.78, 5) is 25.3. The summed E-state index contributed by atoms with van der Waals surface area (Å²) < 4.78 is 18.6. The number of nitrogens with zero attached hydrogens (tertiary/aromatic N) is 1. The average molecular weight is 345 g/mol. The van der Waals surface area contributed by atoms with E-state index in [2.05, 4.69) is 0 Å². The van der Waals surface area contributed by atoms with Crippen molar-refractivity contribution in [2.24, 2.45) is 0 Å². The molecule has 0 fully saturated rings. The second-order valence-corrected chi connectivity index (χ2v) is 5.46. The molecule has 0 radical (unpaired) electrons. The molecule has 2 aromatic carbocycles. The van der Waals surface area contributed by atoms with Gasteiger partial charge in [0.1, 0.15) is 12.4 Å². The molecule has 6 heteroatoms. The van der Waals surface area contributed by atoms with Crippen molar-refractivity contribution in [2.45, 2.75) is 19.6 Å². The van der Waals surface area contributed by atoms with Gasteiger partial charge in [-0.15, -0.1) is 0 Å². The van der Waals surface area contributed by atoms with Crippen LogP contribution in [-0.4, -0.2) is 35.0 Å². The van der Waals surface area contributed by atoms with Crippen LogP contribution >= 0.6 is 0 Å². The van der Waals surface area contributed by atoms with Gasteiger partial charge in [0, 0.05) is 13.2 Å². The molecule has 0 heterocycles. The minimum atomic E-state index is -1.13. The van der Waals surface area contributed by atoms with Gasteiger partial charge < -0.3 is 14.7 Å². The van der Waals surface area contributed by atoms with Crippen molar-refractivity contribution >= 4 is 11.9 Å². The molecule has 0 aliphatic heterocycles. The van der Waals surface area contributed by atoms with Crippen molar-refractivity contribution in [3.8, 4) is 0 Å². The molecular formula is C19H20FNO4. The highest BCUT2D eigenvalue weighted by atomic mass is 19.1. The van der Waals surface area contributed by atoms with E-state index in [1.54, 1.807) is 31.2 Å². The Kier molecular flexibility index (Phi) is 6.65. The summed E-state index contributed by atoms with van der Waals surface area (Å²) in [6, 6.07) is 14.5. The smallest absolute Gasteiger partial charge is 0.323 e. The van der Waals surface area contributed by atoms with Gasteiger partial charge in [0.25, 0.3) is 5.91 Å². The zero-order chi connectivity index (χ0) is 18.2. The third-order valence-electron chi connectivity index (χ3n) is 3.58. The quantitative estimate of drug-likeness (QED) is 0.799. The maximum Gasteiger partial charge on any atom is 0.323 e. The van der Waals surface area contributed by atoms with Crippen LogP contribution in [0.5, 0.6) is 0 Å². The molecule has 1 unspecified atom stereocenters. The largest absolute Gasteiger partial charge is 0.480 e. The number of carbonyl (C=O) groups excluding carboxylic acids is 1. The zero-order valence-corrected chi connectivity index (χ0v) is 13.9. The highest BCUT2D eigenvalue weighted by Gasteiger charge is 2.27. The van der Waals surface area contributed by atoms with Crippen LogP contribution in [0.15, 0.2) is 54.6 Å². The molecule has 0 spiro atoms. The number of amides is 1. The van der Waals surface area contributed by atoms with Crippen LogP contribution in [0.1, 0.15) is 24.2 Å². The second-order valence-electron chi connectivity index (χ2n) is 5.46. The number of hydrogen-bond acceptors (Lipinski definition) is 3. The van der Waals surface area contributed by atoms with E-state index in [-0.39, 0.29) is 6.54 Å². The molecule has 0 saturated heterocycles. The first-order valence-corrected chi connectivity index (χ1v) is 7.92. The molecule has 1 N–H and O–H groups in total. The lowest BCUT2D eigenvalue weighted by Crippen LogP contribution is -2.39. The van der Waals surface area contributed by atoms with Crippen LogP contribution in [0.3, 0.4) is 0 Å². The molecule has 1 amide bonds. The van der Waals surface area contributed by atoms with Crippen molar-refractivity contribution in [3.05, 3.63) is 71.5 Å². The molecule has 2 aromatic rings. The van der Waals surface area contributed by atoms with Crippen LogP contribution in [0, 0.1) is 5.82 Å². The summed E-state index contributed by atoms with van der Waals surface area (Å²) in [5, 5.41) is 9.14. The normalized spacial score (nSPS) is 11.8. The Morgan fingerprint density at radius 2 is 1.76 bits per heavy atom. The van der Waals surface area contributed by atoms with Crippen LogP contribution < -0.4 is 0 Å². The minimum Gasteiger partial charge on any atom is -0.480 e.